The summed E-state index contributed by atoms with van der Waals surface area (Å²) in [6.45, 7) is 0. The van der Waals surface area contributed by atoms with E-state index in [1.54, 1.807) is 0 Å². The number of carboxylic acids is 1. The molecule has 0 aliphatic heterocycles. The van der Waals surface area contributed by atoms with Crippen LogP contribution in [0.25, 0.3) is 0 Å². The second-order valence-electron chi connectivity index (χ2n) is 4.64. The number of nitrogens with one attached hydrogen (secondary N) is 1. The summed E-state index contributed by atoms with van der Waals surface area (Å²) in [5.74, 6) is -2.11. The lowest BCUT2D eigenvalue weighted by molar-refractivity contribution is -0.137. The summed E-state index contributed by atoms with van der Waals surface area (Å²) >= 11 is 5.72. The fourth-order valence-corrected chi connectivity index (χ4v) is 2.11. The maximum absolute atomic E-state index is 13.5. The predicted molar refractivity (Wildman–Crippen MR) is 67.6 cm³/mol. The first-order valence-corrected chi connectivity index (χ1v) is 6.33. The first-order valence-electron chi connectivity index (χ1n) is 5.95. The van der Waals surface area contributed by atoms with Gasteiger partial charge in [0.15, 0.2) is 0 Å². The van der Waals surface area contributed by atoms with Gasteiger partial charge in [0.25, 0.3) is 5.91 Å². The number of carboxylic acid groups (broad SMARTS) is 1. The normalized spacial score (nSPS) is 15.9. The lowest BCUT2D eigenvalue weighted by Crippen LogP contribution is -2.38. The van der Waals surface area contributed by atoms with Crippen LogP contribution in [0, 0.1) is 11.7 Å². The highest BCUT2D eigenvalue weighted by Gasteiger charge is 2.34. The highest BCUT2D eigenvalue weighted by Crippen LogP contribution is 2.34. The van der Waals surface area contributed by atoms with Crippen molar-refractivity contribution in [3.05, 3.63) is 34.6 Å². The highest BCUT2D eigenvalue weighted by atomic mass is 35.5. The van der Waals surface area contributed by atoms with Crippen molar-refractivity contribution in [1.82, 2.24) is 5.32 Å². The number of amides is 1. The maximum Gasteiger partial charge on any atom is 0.305 e. The van der Waals surface area contributed by atoms with Gasteiger partial charge in [0, 0.05) is 11.1 Å². The maximum atomic E-state index is 13.5. The molecule has 1 saturated carbocycles. The zero-order valence-electron chi connectivity index (χ0n) is 10.0. The van der Waals surface area contributed by atoms with Gasteiger partial charge < -0.3 is 10.4 Å². The molecule has 2 rings (SSSR count). The molecule has 1 aliphatic carbocycles. The van der Waals surface area contributed by atoms with Gasteiger partial charge in [0.1, 0.15) is 5.82 Å². The second kappa shape index (κ2) is 5.57. The highest BCUT2D eigenvalue weighted by molar-refractivity contribution is 6.31. The molecule has 2 N–H and O–H groups in total. The van der Waals surface area contributed by atoms with Gasteiger partial charge in [-0.3, -0.25) is 9.59 Å². The molecule has 0 saturated heterocycles. The summed E-state index contributed by atoms with van der Waals surface area (Å²) in [5.41, 5.74) is -0.163. The molecule has 1 unspecified atom stereocenters. The molecule has 1 fully saturated rings. The van der Waals surface area contributed by atoms with E-state index in [0.717, 1.165) is 18.9 Å². The molecule has 1 amide bonds. The molecular weight excluding hydrogens is 273 g/mol. The first kappa shape index (κ1) is 13.8. The Kier molecular flexibility index (Phi) is 4.04. The van der Waals surface area contributed by atoms with Gasteiger partial charge >= 0.3 is 5.97 Å². The zero-order valence-corrected chi connectivity index (χ0v) is 10.8. The average Bonchev–Trinajstić information content (AvgIpc) is 3.14. The fourth-order valence-electron chi connectivity index (χ4n) is 1.94. The van der Waals surface area contributed by atoms with Gasteiger partial charge in [-0.15, -0.1) is 0 Å². The van der Waals surface area contributed by atoms with Crippen molar-refractivity contribution in [1.29, 1.82) is 0 Å². The van der Waals surface area contributed by atoms with Crippen LogP contribution in [-0.4, -0.2) is 23.0 Å². The Morgan fingerprint density at radius 1 is 1.47 bits per heavy atom. The van der Waals surface area contributed by atoms with Crippen molar-refractivity contribution >= 4 is 23.5 Å². The van der Waals surface area contributed by atoms with Crippen LogP contribution < -0.4 is 5.32 Å². The molecule has 6 heteroatoms. The van der Waals surface area contributed by atoms with Crippen molar-refractivity contribution in [2.45, 2.75) is 25.3 Å². The van der Waals surface area contributed by atoms with Crippen LogP contribution in [0.3, 0.4) is 0 Å². The molecule has 1 aromatic carbocycles. The van der Waals surface area contributed by atoms with Gasteiger partial charge in [-0.1, -0.05) is 11.6 Å². The summed E-state index contributed by atoms with van der Waals surface area (Å²) in [7, 11) is 0. The van der Waals surface area contributed by atoms with Gasteiger partial charge in [0.2, 0.25) is 0 Å². The van der Waals surface area contributed by atoms with Crippen molar-refractivity contribution in [3.8, 4) is 0 Å². The molecule has 0 aromatic heterocycles. The van der Waals surface area contributed by atoms with Crippen LogP contribution in [0.4, 0.5) is 4.39 Å². The fraction of sp³-hybridized carbons (Fsp3) is 0.385. The predicted octanol–water partition coefficient (Wildman–Crippen LogP) is 2.46. The quantitative estimate of drug-likeness (QED) is 0.873. The van der Waals surface area contributed by atoms with E-state index in [9.17, 15) is 14.0 Å². The van der Waals surface area contributed by atoms with Crippen LogP contribution in [0.5, 0.6) is 0 Å². The third-order valence-corrected chi connectivity index (χ3v) is 3.31. The number of hydrogen-bond acceptors (Lipinski definition) is 2. The molecule has 0 spiro atoms. The number of carbonyl (C=O) groups excluding carboxylic acids is 1. The minimum Gasteiger partial charge on any atom is -0.481 e. The van der Waals surface area contributed by atoms with Crippen LogP contribution in [0.2, 0.25) is 5.02 Å². The summed E-state index contributed by atoms with van der Waals surface area (Å²) in [5, 5.41) is 11.6. The van der Waals surface area contributed by atoms with E-state index in [-0.39, 0.29) is 22.9 Å². The Morgan fingerprint density at radius 3 is 2.74 bits per heavy atom. The molecule has 1 atom stereocenters. The Morgan fingerprint density at radius 2 is 2.16 bits per heavy atom. The topological polar surface area (TPSA) is 66.4 Å². The van der Waals surface area contributed by atoms with Crippen LogP contribution in [0.15, 0.2) is 18.2 Å². The Labute approximate surface area is 114 Å². The number of benzene rings is 1. The van der Waals surface area contributed by atoms with Gasteiger partial charge in [-0.2, -0.15) is 0 Å². The zero-order chi connectivity index (χ0) is 14.0. The third kappa shape index (κ3) is 3.67. The number of aliphatic carboxylic acids is 1. The molecule has 0 heterocycles. The van der Waals surface area contributed by atoms with Crippen molar-refractivity contribution in [3.63, 3.8) is 0 Å². The summed E-state index contributed by atoms with van der Waals surface area (Å²) < 4.78 is 13.5. The summed E-state index contributed by atoms with van der Waals surface area (Å²) in [6.07, 6.45) is 1.62. The third-order valence-electron chi connectivity index (χ3n) is 3.08. The molecule has 19 heavy (non-hydrogen) atoms. The largest absolute Gasteiger partial charge is 0.481 e. The molecule has 1 aliphatic rings. The summed E-state index contributed by atoms with van der Waals surface area (Å²) in [4.78, 5) is 22.7. The minimum absolute atomic E-state index is 0.154. The Bertz CT molecular complexity index is 517. The van der Waals surface area contributed by atoms with E-state index in [1.807, 2.05) is 0 Å². The lowest BCUT2D eigenvalue weighted by atomic mass is 10.1. The molecule has 0 bridgehead atoms. The van der Waals surface area contributed by atoms with Crippen LogP contribution in [-0.2, 0) is 4.79 Å². The lowest BCUT2D eigenvalue weighted by Gasteiger charge is -2.16. The summed E-state index contributed by atoms with van der Waals surface area (Å²) in [6, 6.07) is 3.24. The molecule has 1 aromatic rings. The number of hydrogen-bond donors (Lipinski definition) is 2. The standard InChI is InChI=1S/C13H13ClFNO3/c14-8-3-4-10(15)9(5-8)13(19)16-11(6-12(17)18)7-1-2-7/h3-5,7,11H,1-2,6H2,(H,16,19)(H,17,18). The van der Waals surface area contributed by atoms with Crippen LogP contribution in [0.1, 0.15) is 29.6 Å². The first-order chi connectivity index (χ1) is 8.97. The number of rotatable bonds is 5. The molecule has 102 valence electrons. The van der Waals surface area contributed by atoms with E-state index in [1.165, 1.54) is 12.1 Å². The number of halogens is 2. The molecular formula is C13H13ClFNO3. The molecule has 0 radical (unpaired) electrons. The van der Waals surface area contributed by atoms with E-state index < -0.39 is 23.7 Å². The Hall–Kier alpha value is -1.62. The molecule has 4 nitrogen and oxygen atoms in total. The van der Waals surface area contributed by atoms with Crippen molar-refractivity contribution in [2.75, 3.05) is 0 Å². The Balaban J connectivity index is 2.10. The van der Waals surface area contributed by atoms with Gasteiger partial charge in [-0.25, -0.2) is 4.39 Å². The number of carbonyl (C=O) groups is 2. The second-order valence-corrected chi connectivity index (χ2v) is 5.08. The average molecular weight is 286 g/mol. The minimum atomic E-state index is -0.983. The SMILES string of the molecule is O=C(O)CC(NC(=O)c1cc(Cl)ccc1F)C1CC1. The van der Waals surface area contributed by atoms with Gasteiger partial charge in [-0.05, 0) is 37.0 Å². The van der Waals surface area contributed by atoms with E-state index >= 15 is 0 Å². The smallest absolute Gasteiger partial charge is 0.305 e. The van der Waals surface area contributed by atoms with E-state index in [4.69, 9.17) is 16.7 Å². The van der Waals surface area contributed by atoms with Gasteiger partial charge in [0.05, 0.1) is 12.0 Å². The van der Waals surface area contributed by atoms with E-state index in [2.05, 4.69) is 5.32 Å². The van der Waals surface area contributed by atoms with Crippen molar-refractivity contribution in [2.24, 2.45) is 5.92 Å². The monoisotopic (exact) mass is 285 g/mol. The van der Waals surface area contributed by atoms with E-state index in [0.29, 0.717) is 0 Å². The van der Waals surface area contributed by atoms with Crippen LogP contribution >= 0.6 is 11.6 Å². The van der Waals surface area contributed by atoms with Crippen molar-refractivity contribution < 1.29 is 19.1 Å².